The second-order valence-electron chi connectivity index (χ2n) is 5.58. The summed E-state index contributed by atoms with van der Waals surface area (Å²) < 4.78 is 0. The Balaban J connectivity index is 2.06. The molecule has 0 spiro atoms. The standard InChI is InChI=1S/C14H23NO/c1-4-12-8-14(16)15(9-12)13-7-5-6-10(2)11(13)3/h4,10-13H,1,5-9H2,2-3H3. The quantitative estimate of drug-likeness (QED) is 0.657. The van der Waals surface area contributed by atoms with Gasteiger partial charge in [-0.3, -0.25) is 4.79 Å². The van der Waals surface area contributed by atoms with Crippen molar-refractivity contribution in [3.8, 4) is 0 Å². The monoisotopic (exact) mass is 221 g/mol. The molecule has 2 heteroatoms. The van der Waals surface area contributed by atoms with Gasteiger partial charge in [0, 0.05) is 24.9 Å². The second-order valence-corrected chi connectivity index (χ2v) is 5.58. The number of rotatable bonds is 2. The zero-order valence-electron chi connectivity index (χ0n) is 10.5. The van der Waals surface area contributed by atoms with Crippen LogP contribution in [0.25, 0.3) is 0 Å². The molecule has 1 saturated heterocycles. The average molecular weight is 221 g/mol. The first-order valence-corrected chi connectivity index (χ1v) is 6.55. The molecule has 2 aliphatic rings. The lowest BCUT2D eigenvalue weighted by molar-refractivity contribution is -0.131. The zero-order valence-corrected chi connectivity index (χ0v) is 10.5. The van der Waals surface area contributed by atoms with E-state index in [4.69, 9.17) is 0 Å². The van der Waals surface area contributed by atoms with Crippen LogP contribution in [-0.4, -0.2) is 23.4 Å². The van der Waals surface area contributed by atoms with Crippen molar-refractivity contribution >= 4 is 5.91 Å². The number of carbonyl (C=O) groups excluding carboxylic acids is 1. The molecule has 0 aromatic carbocycles. The first kappa shape index (κ1) is 11.7. The maximum absolute atomic E-state index is 12.0. The smallest absolute Gasteiger partial charge is 0.223 e. The van der Waals surface area contributed by atoms with Gasteiger partial charge in [0.05, 0.1) is 0 Å². The molecular formula is C14H23NO. The molecule has 2 fully saturated rings. The molecule has 1 aliphatic heterocycles. The highest BCUT2D eigenvalue weighted by Crippen LogP contribution is 2.35. The Hall–Kier alpha value is -0.790. The van der Waals surface area contributed by atoms with Crippen LogP contribution in [0.5, 0.6) is 0 Å². The van der Waals surface area contributed by atoms with E-state index in [1.165, 1.54) is 19.3 Å². The Labute approximate surface area is 98.7 Å². The average Bonchev–Trinajstić information content (AvgIpc) is 2.64. The van der Waals surface area contributed by atoms with Gasteiger partial charge in [-0.2, -0.15) is 0 Å². The highest BCUT2D eigenvalue weighted by atomic mass is 16.2. The lowest BCUT2D eigenvalue weighted by Gasteiger charge is -2.40. The molecule has 1 saturated carbocycles. The van der Waals surface area contributed by atoms with Crippen molar-refractivity contribution in [2.75, 3.05) is 6.54 Å². The van der Waals surface area contributed by atoms with Gasteiger partial charge in [-0.25, -0.2) is 0 Å². The number of likely N-dealkylation sites (tertiary alicyclic amines) is 1. The number of hydrogen-bond acceptors (Lipinski definition) is 1. The summed E-state index contributed by atoms with van der Waals surface area (Å²) in [7, 11) is 0. The van der Waals surface area contributed by atoms with Gasteiger partial charge in [-0.1, -0.05) is 32.8 Å². The molecule has 90 valence electrons. The van der Waals surface area contributed by atoms with E-state index >= 15 is 0 Å². The molecule has 2 rings (SSSR count). The number of nitrogens with zero attached hydrogens (tertiary/aromatic N) is 1. The summed E-state index contributed by atoms with van der Waals surface area (Å²) in [4.78, 5) is 14.1. The predicted molar refractivity (Wildman–Crippen MR) is 66.0 cm³/mol. The van der Waals surface area contributed by atoms with Crippen LogP contribution in [0.15, 0.2) is 12.7 Å². The third-order valence-corrected chi connectivity index (χ3v) is 4.59. The number of carbonyl (C=O) groups is 1. The van der Waals surface area contributed by atoms with Crippen molar-refractivity contribution < 1.29 is 4.79 Å². The number of hydrogen-bond donors (Lipinski definition) is 0. The van der Waals surface area contributed by atoms with Gasteiger partial charge in [-0.05, 0) is 18.3 Å². The Kier molecular flexibility index (Phi) is 3.36. The molecule has 4 atom stereocenters. The zero-order chi connectivity index (χ0) is 11.7. The minimum atomic E-state index is 0.343. The molecular weight excluding hydrogens is 198 g/mol. The lowest BCUT2D eigenvalue weighted by atomic mass is 9.77. The maximum atomic E-state index is 12.0. The summed E-state index contributed by atoms with van der Waals surface area (Å²) in [5.74, 6) is 2.14. The molecule has 1 aliphatic carbocycles. The van der Waals surface area contributed by atoms with Gasteiger partial charge >= 0.3 is 0 Å². The van der Waals surface area contributed by atoms with Gasteiger partial charge in [0.2, 0.25) is 5.91 Å². The topological polar surface area (TPSA) is 20.3 Å². The van der Waals surface area contributed by atoms with Crippen LogP contribution in [0.2, 0.25) is 0 Å². The molecule has 2 nitrogen and oxygen atoms in total. The molecule has 0 radical (unpaired) electrons. The van der Waals surface area contributed by atoms with Crippen LogP contribution in [0, 0.1) is 17.8 Å². The van der Waals surface area contributed by atoms with Crippen molar-refractivity contribution in [3.63, 3.8) is 0 Å². The van der Waals surface area contributed by atoms with Crippen LogP contribution in [0.3, 0.4) is 0 Å². The maximum Gasteiger partial charge on any atom is 0.223 e. The van der Waals surface area contributed by atoms with Crippen LogP contribution in [0.1, 0.15) is 39.5 Å². The van der Waals surface area contributed by atoms with Gasteiger partial charge < -0.3 is 4.90 Å². The predicted octanol–water partition coefficient (Wildman–Crippen LogP) is 2.85. The van der Waals surface area contributed by atoms with E-state index in [0.29, 0.717) is 30.2 Å². The molecule has 0 aromatic heterocycles. The van der Waals surface area contributed by atoms with E-state index < -0.39 is 0 Å². The number of amides is 1. The van der Waals surface area contributed by atoms with Crippen molar-refractivity contribution in [1.29, 1.82) is 0 Å². The Morgan fingerprint density at radius 3 is 2.75 bits per heavy atom. The summed E-state index contributed by atoms with van der Waals surface area (Å²) in [6.07, 6.45) is 6.42. The largest absolute Gasteiger partial charge is 0.339 e. The molecule has 1 heterocycles. The highest BCUT2D eigenvalue weighted by Gasteiger charge is 2.38. The molecule has 16 heavy (non-hydrogen) atoms. The van der Waals surface area contributed by atoms with Crippen molar-refractivity contribution in [2.24, 2.45) is 17.8 Å². The van der Waals surface area contributed by atoms with Crippen LogP contribution >= 0.6 is 0 Å². The van der Waals surface area contributed by atoms with Crippen LogP contribution in [0.4, 0.5) is 0 Å². The van der Waals surface area contributed by atoms with Crippen LogP contribution in [-0.2, 0) is 4.79 Å². The Morgan fingerprint density at radius 1 is 1.38 bits per heavy atom. The molecule has 1 amide bonds. The summed E-state index contributed by atoms with van der Waals surface area (Å²) in [6.45, 7) is 9.35. The van der Waals surface area contributed by atoms with Crippen molar-refractivity contribution in [1.82, 2.24) is 4.90 Å². The third-order valence-electron chi connectivity index (χ3n) is 4.59. The summed E-state index contributed by atoms with van der Waals surface area (Å²) >= 11 is 0. The van der Waals surface area contributed by atoms with E-state index in [9.17, 15) is 4.79 Å². The minimum absolute atomic E-state index is 0.343. The van der Waals surface area contributed by atoms with Gasteiger partial charge in [0.15, 0.2) is 0 Å². The molecule has 0 aromatic rings. The molecule has 4 unspecified atom stereocenters. The summed E-state index contributed by atoms with van der Waals surface area (Å²) in [5, 5.41) is 0. The fourth-order valence-corrected chi connectivity index (χ4v) is 3.23. The second kappa shape index (κ2) is 4.60. The summed E-state index contributed by atoms with van der Waals surface area (Å²) in [5.41, 5.74) is 0. The Morgan fingerprint density at radius 2 is 2.12 bits per heavy atom. The van der Waals surface area contributed by atoms with E-state index in [1.807, 2.05) is 6.08 Å². The van der Waals surface area contributed by atoms with Crippen molar-refractivity contribution in [3.05, 3.63) is 12.7 Å². The highest BCUT2D eigenvalue weighted by molar-refractivity contribution is 5.79. The summed E-state index contributed by atoms with van der Waals surface area (Å²) in [6, 6.07) is 0.487. The molecule has 0 N–H and O–H groups in total. The van der Waals surface area contributed by atoms with Gasteiger partial charge in [0.1, 0.15) is 0 Å². The first-order valence-electron chi connectivity index (χ1n) is 6.55. The Bertz CT molecular complexity index is 286. The third kappa shape index (κ3) is 2.02. The van der Waals surface area contributed by atoms with E-state index in [-0.39, 0.29) is 0 Å². The van der Waals surface area contributed by atoms with E-state index in [2.05, 4.69) is 25.3 Å². The van der Waals surface area contributed by atoms with Crippen LogP contribution < -0.4 is 0 Å². The van der Waals surface area contributed by atoms with Crippen molar-refractivity contribution in [2.45, 2.75) is 45.6 Å². The fourth-order valence-electron chi connectivity index (χ4n) is 3.23. The normalized spacial score (nSPS) is 40.1. The minimum Gasteiger partial charge on any atom is -0.339 e. The SMILES string of the molecule is C=CC1CC(=O)N(C2CCCC(C)C2C)C1. The lowest BCUT2D eigenvalue weighted by Crippen LogP contribution is -2.44. The fraction of sp³-hybridized carbons (Fsp3) is 0.786. The van der Waals surface area contributed by atoms with E-state index in [1.54, 1.807) is 0 Å². The van der Waals surface area contributed by atoms with Gasteiger partial charge in [-0.15, -0.1) is 6.58 Å². The first-order chi connectivity index (χ1) is 7.63. The van der Waals surface area contributed by atoms with E-state index in [0.717, 1.165) is 12.5 Å². The van der Waals surface area contributed by atoms with Gasteiger partial charge in [0.25, 0.3) is 0 Å². The molecule has 0 bridgehead atoms.